The number of ether oxygens (including phenoxy) is 1. The fourth-order valence-corrected chi connectivity index (χ4v) is 9.69. The predicted octanol–water partition coefficient (Wildman–Crippen LogP) is 5.98. The molecule has 234 valence electrons. The zero-order chi connectivity index (χ0) is 30.8. The summed E-state index contributed by atoms with van der Waals surface area (Å²) >= 11 is 0. The van der Waals surface area contributed by atoms with E-state index in [9.17, 15) is 24.9 Å². The summed E-state index contributed by atoms with van der Waals surface area (Å²) in [6.45, 7) is 7.16. The van der Waals surface area contributed by atoms with Crippen LogP contribution in [-0.4, -0.2) is 56.8 Å². The Balaban J connectivity index is 0.000000244. The van der Waals surface area contributed by atoms with Crippen molar-refractivity contribution in [3.05, 3.63) is 29.8 Å². The molecule has 4 unspecified atom stereocenters. The number of rotatable bonds is 7. The predicted molar refractivity (Wildman–Crippen MR) is 160 cm³/mol. The van der Waals surface area contributed by atoms with Gasteiger partial charge >= 0.3 is 11.9 Å². The number of aromatic hydroxyl groups is 1. The van der Waals surface area contributed by atoms with Gasteiger partial charge in [0.1, 0.15) is 0 Å². The topological polar surface area (TPSA) is 145 Å². The Hall–Kier alpha value is -2.58. The van der Waals surface area contributed by atoms with E-state index in [1.807, 2.05) is 0 Å². The molecule has 0 saturated heterocycles. The van der Waals surface area contributed by atoms with E-state index in [1.54, 1.807) is 12.1 Å². The number of phenols is 1. The molecule has 4 aliphatic rings. The SMILES string of the molecule is COc1cc(/C=C/C(=O)O)ccc1O.C[C@H](CCC(=O)O)[C@H]1CCC2C3C(CCC21C)[C@@]1(C)CC[C@@H](O)C[C@H]1C[C@H]3O. The number of carbonyl (C=O) groups is 2. The molecule has 8 heteroatoms. The van der Waals surface area contributed by atoms with Gasteiger partial charge in [0.05, 0.1) is 19.3 Å². The van der Waals surface area contributed by atoms with Crippen molar-refractivity contribution >= 4 is 18.0 Å². The fraction of sp³-hybridized carbons (Fsp3) is 0.706. The Labute approximate surface area is 249 Å². The van der Waals surface area contributed by atoms with Crippen molar-refractivity contribution in [3.63, 3.8) is 0 Å². The number of aliphatic hydroxyl groups excluding tert-OH is 2. The van der Waals surface area contributed by atoms with Gasteiger partial charge in [0, 0.05) is 12.5 Å². The molecular weight excluding hydrogens is 536 g/mol. The molecule has 0 radical (unpaired) electrons. The van der Waals surface area contributed by atoms with Gasteiger partial charge in [-0.1, -0.05) is 26.8 Å². The average molecular weight is 587 g/mol. The maximum Gasteiger partial charge on any atom is 0.328 e. The Kier molecular flexibility index (Phi) is 9.98. The number of hydrogen-bond donors (Lipinski definition) is 5. The Morgan fingerprint density at radius 2 is 1.71 bits per heavy atom. The molecule has 1 aromatic rings. The van der Waals surface area contributed by atoms with Crippen LogP contribution < -0.4 is 4.74 Å². The van der Waals surface area contributed by atoms with Gasteiger partial charge in [-0.3, -0.25) is 4.79 Å². The molecule has 4 aliphatic carbocycles. The minimum Gasteiger partial charge on any atom is -0.504 e. The van der Waals surface area contributed by atoms with E-state index in [0.717, 1.165) is 38.2 Å². The van der Waals surface area contributed by atoms with Crippen LogP contribution in [-0.2, 0) is 9.59 Å². The first-order chi connectivity index (χ1) is 19.8. The Morgan fingerprint density at radius 1 is 1.02 bits per heavy atom. The highest BCUT2D eigenvalue weighted by atomic mass is 16.5. The maximum atomic E-state index is 11.2. The molecule has 1 aromatic carbocycles. The number of benzene rings is 1. The fourth-order valence-electron chi connectivity index (χ4n) is 9.69. The van der Waals surface area contributed by atoms with Crippen LogP contribution in [0, 0.1) is 46.3 Å². The minimum absolute atomic E-state index is 0.0278. The third-order valence-electron chi connectivity index (χ3n) is 11.9. The first-order valence-corrected chi connectivity index (χ1v) is 15.7. The molecule has 4 saturated carbocycles. The van der Waals surface area contributed by atoms with E-state index in [1.165, 1.54) is 44.9 Å². The molecule has 4 fully saturated rings. The summed E-state index contributed by atoms with van der Waals surface area (Å²) in [5, 5.41) is 48.2. The van der Waals surface area contributed by atoms with Crippen molar-refractivity contribution in [2.75, 3.05) is 7.11 Å². The van der Waals surface area contributed by atoms with Crippen molar-refractivity contribution in [1.29, 1.82) is 0 Å². The van der Waals surface area contributed by atoms with E-state index in [2.05, 4.69) is 20.8 Å². The molecule has 0 heterocycles. The zero-order valence-electron chi connectivity index (χ0n) is 25.5. The van der Waals surface area contributed by atoms with Gasteiger partial charge in [0.2, 0.25) is 0 Å². The number of fused-ring (bicyclic) bond motifs is 5. The number of carboxylic acid groups (broad SMARTS) is 2. The number of carboxylic acids is 2. The lowest BCUT2D eigenvalue weighted by atomic mass is 9.43. The number of aliphatic hydroxyl groups is 2. The van der Waals surface area contributed by atoms with Crippen molar-refractivity contribution in [2.24, 2.45) is 46.3 Å². The van der Waals surface area contributed by atoms with Crippen molar-refractivity contribution < 1.29 is 39.9 Å². The van der Waals surface area contributed by atoms with Crippen LogP contribution >= 0.6 is 0 Å². The van der Waals surface area contributed by atoms with E-state index in [-0.39, 0.29) is 35.2 Å². The van der Waals surface area contributed by atoms with Crippen LogP contribution in [0.5, 0.6) is 11.5 Å². The highest BCUT2D eigenvalue weighted by Gasteiger charge is 2.62. The smallest absolute Gasteiger partial charge is 0.328 e. The molecule has 0 amide bonds. The normalized spacial score (nSPS) is 37.9. The first kappa shape index (κ1) is 32.3. The summed E-state index contributed by atoms with van der Waals surface area (Å²) < 4.78 is 4.86. The molecule has 0 bridgehead atoms. The third kappa shape index (κ3) is 6.49. The van der Waals surface area contributed by atoms with Gasteiger partial charge in [-0.2, -0.15) is 0 Å². The second kappa shape index (κ2) is 13.0. The largest absolute Gasteiger partial charge is 0.504 e. The lowest BCUT2D eigenvalue weighted by Gasteiger charge is -2.62. The third-order valence-corrected chi connectivity index (χ3v) is 11.9. The summed E-state index contributed by atoms with van der Waals surface area (Å²) in [4.78, 5) is 21.3. The van der Waals surface area contributed by atoms with E-state index in [0.29, 0.717) is 46.8 Å². The monoisotopic (exact) mass is 586 g/mol. The van der Waals surface area contributed by atoms with Crippen LogP contribution in [0.4, 0.5) is 0 Å². The van der Waals surface area contributed by atoms with Gasteiger partial charge in [0.25, 0.3) is 0 Å². The molecule has 0 aliphatic heterocycles. The molecule has 5 N–H and O–H groups in total. The molecule has 42 heavy (non-hydrogen) atoms. The second-order valence-electron chi connectivity index (χ2n) is 14.0. The van der Waals surface area contributed by atoms with Gasteiger partial charge in [-0.25, -0.2) is 4.79 Å². The van der Waals surface area contributed by atoms with Gasteiger partial charge < -0.3 is 30.3 Å². The molecule has 0 spiro atoms. The molecular formula is C34H50O8. The summed E-state index contributed by atoms with van der Waals surface area (Å²) in [6, 6.07) is 4.59. The summed E-state index contributed by atoms with van der Waals surface area (Å²) in [5.41, 5.74) is 1.18. The molecule has 8 nitrogen and oxygen atoms in total. The van der Waals surface area contributed by atoms with Crippen molar-refractivity contribution in [1.82, 2.24) is 0 Å². The van der Waals surface area contributed by atoms with Crippen molar-refractivity contribution in [2.45, 2.75) is 97.2 Å². The zero-order valence-corrected chi connectivity index (χ0v) is 25.5. The number of hydrogen-bond acceptors (Lipinski definition) is 6. The van der Waals surface area contributed by atoms with Crippen LogP contribution in [0.15, 0.2) is 24.3 Å². The number of phenolic OH excluding ortho intramolecular Hbond substituents is 1. The van der Waals surface area contributed by atoms with Crippen LogP contribution in [0.25, 0.3) is 6.08 Å². The quantitative estimate of drug-likeness (QED) is 0.246. The molecule has 0 aromatic heterocycles. The van der Waals surface area contributed by atoms with Crippen molar-refractivity contribution in [3.8, 4) is 11.5 Å². The summed E-state index contributed by atoms with van der Waals surface area (Å²) in [6.07, 6.45) is 11.6. The Bertz CT molecular complexity index is 1150. The maximum absolute atomic E-state index is 11.2. The second-order valence-corrected chi connectivity index (χ2v) is 14.0. The van der Waals surface area contributed by atoms with Gasteiger partial charge in [0.15, 0.2) is 11.5 Å². The number of aliphatic carboxylic acids is 2. The van der Waals surface area contributed by atoms with Crippen LogP contribution in [0.2, 0.25) is 0 Å². The number of methoxy groups -OCH3 is 1. The Morgan fingerprint density at radius 3 is 2.38 bits per heavy atom. The summed E-state index contributed by atoms with van der Waals surface area (Å²) in [7, 11) is 1.43. The highest BCUT2D eigenvalue weighted by molar-refractivity contribution is 5.85. The minimum atomic E-state index is -1.02. The van der Waals surface area contributed by atoms with E-state index < -0.39 is 11.9 Å². The standard InChI is InChI=1S/C24H40O4.C10H10O4/c1-14(4-7-21(27)28)17-5-6-18-22-19(9-11-24(17,18)3)23(2)10-8-16(25)12-15(23)13-20(22)26;1-14-9-6-7(2-4-8(9)11)3-5-10(12)13/h14-20,22,25-26H,4-13H2,1-3H3,(H,27,28);2-6,11H,1H3,(H,12,13)/b;5-3+/t14-,15+,16-,17-,18?,19?,20-,22?,23+,24?;/m1./s1. The van der Waals surface area contributed by atoms with Crippen LogP contribution in [0.3, 0.4) is 0 Å². The molecule has 5 rings (SSSR count). The molecule has 10 atom stereocenters. The first-order valence-electron chi connectivity index (χ1n) is 15.7. The van der Waals surface area contributed by atoms with Gasteiger partial charge in [-0.15, -0.1) is 0 Å². The highest BCUT2D eigenvalue weighted by Crippen LogP contribution is 2.68. The lowest BCUT2D eigenvalue weighted by Crippen LogP contribution is -2.58. The van der Waals surface area contributed by atoms with E-state index >= 15 is 0 Å². The lowest BCUT2D eigenvalue weighted by molar-refractivity contribution is -0.174. The van der Waals surface area contributed by atoms with E-state index in [4.69, 9.17) is 14.9 Å². The van der Waals surface area contributed by atoms with Gasteiger partial charge in [-0.05, 0) is 128 Å². The average Bonchev–Trinajstić information content (AvgIpc) is 3.29. The summed E-state index contributed by atoms with van der Waals surface area (Å²) in [5.74, 6) is 1.68. The van der Waals surface area contributed by atoms with Crippen LogP contribution in [0.1, 0.15) is 90.5 Å².